The summed E-state index contributed by atoms with van der Waals surface area (Å²) in [7, 11) is 0. The Morgan fingerprint density at radius 1 is 0.909 bits per heavy atom. The standard InChI is InChI=1S/C19H26O3/c1-18-7-3-4-12(18)15-13(6-8-18)19(2)9-5-11(20)10-14(19)16(21)17(15)22/h12-15H,3-10H2,1-2H3/t12-,13-,14?,15-,18-,19+/m0/s1. The van der Waals surface area contributed by atoms with Crippen LogP contribution in [0.3, 0.4) is 0 Å². The molecule has 0 N–H and O–H groups in total. The molecule has 4 rings (SSSR count). The second-order valence-electron chi connectivity index (χ2n) is 8.85. The molecule has 4 saturated carbocycles. The lowest BCUT2D eigenvalue weighted by Gasteiger charge is -2.57. The Bertz CT molecular complexity index is 565. The van der Waals surface area contributed by atoms with Crippen LogP contribution in [0.25, 0.3) is 0 Å². The normalized spacial score (nSPS) is 51.3. The van der Waals surface area contributed by atoms with Crippen LogP contribution in [0.5, 0.6) is 0 Å². The highest BCUT2D eigenvalue weighted by atomic mass is 16.2. The highest BCUT2D eigenvalue weighted by Crippen LogP contribution is 2.64. The zero-order valence-corrected chi connectivity index (χ0v) is 13.7. The predicted molar refractivity (Wildman–Crippen MR) is 82.1 cm³/mol. The van der Waals surface area contributed by atoms with Gasteiger partial charge >= 0.3 is 0 Å². The van der Waals surface area contributed by atoms with Crippen LogP contribution in [0.15, 0.2) is 0 Å². The first-order valence-corrected chi connectivity index (χ1v) is 8.96. The van der Waals surface area contributed by atoms with Crippen molar-refractivity contribution >= 4 is 17.3 Å². The number of Topliss-reactive ketones (excluding diaryl/α,β-unsaturated/α-hetero) is 3. The first-order chi connectivity index (χ1) is 10.4. The van der Waals surface area contributed by atoms with Crippen molar-refractivity contribution in [3.8, 4) is 0 Å². The Morgan fingerprint density at radius 3 is 2.45 bits per heavy atom. The average Bonchev–Trinajstić information content (AvgIpc) is 2.88. The van der Waals surface area contributed by atoms with Gasteiger partial charge in [-0.2, -0.15) is 0 Å². The quantitative estimate of drug-likeness (QED) is 0.645. The molecule has 0 bridgehead atoms. The summed E-state index contributed by atoms with van der Waals surface area (Å²) in [5.41, 5.74) is 0.151. The van der Waals surface area contributed by atoms with E-state index in [1.165, 1.54) is 19.3 Å². The molecule has 0 heterocycles. The monoisotopic (exact) mass is 302 g/mol. The summed E-state index contributed by atoms with van der Waals surface area (Å²) in [4.78, 5) is 37.5. The molecule has 0 aromatic rings. The summed E-state index contributed by atoms with van der Waals surface area (Å²) < 4.78 is 0. The molecule has 0 amide bonds. The summed E-state index contributed by atoms with van der Waals surface area (Å²) in [6, 6.07) is 0. The summed E-state index contributed by atoms with van der Waals surface area (Å²) in [6.45, 7) is 4.53. The van der Waals surface area contributed by atoms with E-state index in [0.717, 1.165) is 19.3 Å². The topological polar surface area (TPSA) is 51.2 Å². The Labute approximate surface area is 132 Å². The van der Waals surface area contributed by atoms with Crippen molar-refractivity contribution in [3.63, 3.8) is 0 Å². The van der Waals surface area contributed by atoms with E-state index in [-0.39, 0.29) is 40.0 Å². The van der Waals surface area contributed by atoms with Gasteiger partial charge in [-0.1, -0.05) is 20.3 Å². The molecular formula is C19H26O3. The van der Waals surface area contributed by atoms with Crippen LogP contribution in [-0.2, 0) is 14.4 Å². The van der Waals surface area contributed by atoms with Crippen LogP contribution in [0, 0.1) is 34.5 Å². The molecule has 4 aliphatic rings. The van der Waals surface area contributed by atoms with Gasteiger partial charge in [0.15, 0.2) is 0 Å². The van der Waals surface area contributed by atoms with E-state index in [4.69, 9.17) is 0 Å². The fourth-order valence-electron chi connectivity index (χ4n) is 6.55. The Balaban J connectivity index is 1.76. The van der Waals surface area contributed by atoms with E-state index in [1.807, 2.05) is 0 Å². The van der Waals surface area contributed by atoms with Crippen molar-refractivity contribution in [3.05, 3.63) is 0 Å². The lowest BCUT2D eigenvalue weighted by atomic mass is 9.44. The van der Waals surface area contributed by atoms with Crippen molar-refractivity contribution in [1.82, 2.24) is 0 Å². The van der Waals surface area contributed by atoms with Crippen molar-refractivity contribution in [2.24, 2.45) is 34.5 Å². The number of ketones is 3. The molecule has 0 radical (unpaired) electrons. The maximum Gasteiger partial charge on any atom is 0.202 e. The third-order valence-corrected chi connectivity index (χ3v) is 7.93. The van der Waals surface area contributed by atoms with Gasteiger partial charge in [0.05, 0.1) is 0 Å². The minimum Gasteiger partial charge on any atom is -0.300 e. The molecule has 0 aromatic heterocycles. The van der Waals surface area contributed by atoms with Crippen molar-refractivity contribution in [1.29, 1.82) is 0 Å². The molecule has 22 heavy (non-hydrogen) atoms. The average molecular weight is 302 g/mol. The summed E-state index contributed by atoms with van der Waals surface area (Å²) in [5, 5.41) is 0. The molecule has 4 aliphatic carbocycles. The molecule has 0 aliphatic heterocycles. The fourth-order valence-corrected chi connectivity index (χ4v) is 6.55. The number of hydrogen-bond donors (Lipinski definition) is 0. The first kappa shape index (κ1) is 14.6. The van der Waals surface area contributed by atoms with Crippen LogP contribution in [0.4, 0.5) is 0 Å². The van der Waals surface area contributed by atoms with Gasteiger partial charge in [0.1, 0.15) is 5.78 Å². The van der Waals surface area contributed by atoms with E-state index in [0.29, 0.717) is 24.7 Å². The molecule has 3 nitrogen and oxygen atoms in total. The molecule has 0 aromatic carbocycles. The predicted octanol–water partition coefficient (Wildman–Crippen LogP) is 3.35. The number of fused-ring (bicyclic) bond motifs is 5. The molecule has 6 atom stereocenters. The zero-order valence-electron chi connectivity index (χ0n) is 13.7. The smallest absolute Gasteiger partial charge is 0.202 e. The number of hydrogen-bond acceptors (Lipinski definition) is 3. The van der Waals surface area contributed by atoms with Crippen molar-refractivity contribution in [2.75, 3.05) is 0 Å². The molecule has 0 saturated heterocycles. The summed E-state index contributed by atoms with van der Waals surface area (Å²) in [5.74, 6) is 0.179. The molecule has 120 valence electrons. The minimum atomic E-state index is -0.326. The largest absolute Gasteiger partial charge is 0.300 e. The Morgan fingerprint density at radius 2 is 1.68 bits per heavy atom. The van der Waals surface area contributed by atoms with E-state index >= 15 is 0 Å². The second kappa shape index (κ2) is 4.52. The third kappa shape index (κ3) is 1.71. The fraction of sp³-hybridized carbons (Fsp3) is 0.842. The summed E-state index contributed by atoms with van der Waals surface area (Å²) >= 11 is 0. The molecule has 3 heteroatoms. The van der Waals surface area contributed by atoms with Gasteiger partial charge in [0, 0.05) is 24.7 Å². The molecule has 4 fully saturated rings. The SMILES string of the molecule is C[C@@]12CCC[C@H]1[C@@H]1C(=O)C(=O)C3CC(=O)CC[C@]3(C)[C@H]1CC2. The van der Waals surface area contributed by atoms with E-state index in [9.17, 15) is 14.4 Å². The third-order valence-electron chi connectivity index (χ3n) is 7.93. The first-order valence-electron chi connectivity index (χ1n) is 8.96. The van der Waals surface area contributed by atoms with Crippen molar-refractivity contribution in [2.45, 2.75) is 65.2 Å². The van der Waals surface area contributed by atoms with Gasteiger partial charge < -0.3 is 0 Å². The number of rotatable bonds is 0. The van der Waals surface area contributed by atoms with Crippen LogP contribution in [0.2, 0.25) is 0 Å². The minimum absolute atomic E-state index is 0.0526. The van der Waals surface area contributed by atoms with Crippen LogP contribution >= 0.6 is 0 Å². The van der Waals surface area contributed by atoms with E-state index in [2.05, 4.69) is 13.8 Å². The van der Waals surface area contributed by atoms with Crippen LogP contribution in [0.1, 0.15) is 65.2 Å². The van der Waals surface area contributed by atoms with Crippen molar-refractivity contribution < 1.29 is 14.4 Å². The van der Waals surface area contributed by atoms with E-state index < -0.39 is 0 Å². The number of carbonyl (C=O) groups excluding carboxylic acids is 3. The maximum atomic E-state index is 12.9. The molecule has 0 spiro atoms. The number of carbonyl (C=O) groups is 3. The second-order valence-corrected chi connectivity index (χ2v) is 8.85. The van der Waals surface area contributed by atoms with Gasteiger partial charge in [0.2, 0.25) is 11.6 Å². The Hall–Kier alpha value is -0.990. The highest BCUT2D eigenvalue weighted by molar-refractivity contribution is 6.40. The van der Waals surface area contributed by atoms with Gasteiger partial charge in [0.25, 0.3) is 0 Å². The molecular weight excluding hydrogens is 276 g/mol. The lowest BCUT2D eigenvalue weighted by molar-refractivity contribution is -0.167. The van der Waals surface area contributed by atoms with Crippen LogP contribution in [-0.4, -0.2) is 17.3 Å². The lowest BCUT2D eigenvalue weighted by Crippen LogP contribution is -2.60. The van der Waals surface area contributed by atoms with E-state index in [1.54, 1.807) is 0 Å². The van der Waals surface area contributed by atoms with Crippen LogP contribution < -0.4 is 0 Å². The highest BCUT2D eigenvalue weighted by Gasteiger charge is 2.63. The molecule has 1 unspecified atom stereocenters. The summed E-state index contributed by atoms with van der Waals surface area (Å²) in [6.07, 6.45) is 7.49. The van der Waals surface area contributed by atoms with Gasteiger partial charge in [-0.25, -0.2) is 0 Å². The van der Waals surface area contributed by atoms with Gasteiger partial charge in [-0.15, -0.1) is 0 Å². The van der Waals surface area contributed by atoms with Gasteiger partial charge in [-0.3, -0.25) is 14.4 Å². The maximum absolute atomic E-state index is 12.9. The zero-order chi connectivity index (χ0) is 15.7. The van der Waals surface area contributed by atoms with Gasteiger partial charge in [-0.05, 0) is 54.8 Å². The Kier molecular flexibility index (Phi) is 3.00.